The van der Waals surface area contributed by atoms with Gasteiger partial charge >= 0.3 is 0 Å². The summed E-state index contributed by atoms with van der Waals surface area (Å²) >= 11 is 1.64. The Kier molecular flexibility index (Phi) is 14.8. The zero-order valence-electron chi connectivity index (χ0n) is 31.1. The Labute approximate surface area is 289 Å². The summed E-state index contributed by atoms with van der Waals surface area (Å²) in [5.41, 5.74) is 1.84. The summed E-state index contributed by atoms with van der Waals surface area (Å²) in [5, 5.41) is 16.6. The van der Waals surface area contributed by atoms with E-state index >= 15 is 0 Å². The molecule has 47 heavy (non-hydrogen) atoms. The molecule has 3 heterocycles. The fourth-order valence-corrected chi connectivity index (χ4v) is 7.54. The molecule has 0 spiro atoms. The van der Waals surface area contributed by atoms with Crippen molar-refractivity contribution < 1.29 is 4.79 Å². The Balaban J connectivity index is 2.19. The maximum absolute atomic E-state index is 13.4. The largest absolute Gasteiger partial charge is 0.347 e. The zero-order chi connectivity index (χ0) is 34.7. The first-order chi connectivity index (χ1) is 22.5. The standard InChI is InChI=1S/C38H61N7OS/c1-11-17-20-27(14-4)24-44(25-28(15-5)21-18-12-2)37-41-32(38(8,9)10)35(47-37)40-31-26(7)30(23-39)36(46)45-34(31)42-33(43-45)29(16-6)22-19-13-3/h27-29H,11-22,24-25H2,1-10H3. The molecule has 0 aromatic carbocycles. The molecule has 0 saturated carbocycles. The van der Waals surface area contributed by atoms with Crippen LogP contribution in [0.5, 0.6) is 0 Å². The van der Waals surface area contributed by atoms with E-state index < -0.39 is 5.91 Å². The highest BCUT2D eigenvalue weighted by molar-refractivity contribution is 7.19. The van der Waals surface area contributed by atoms with Crippen LogP contribution in [0.1, 0.15) is 174 Å². The van der Waals surface area contributed by atoms with Crippen LogP contribution in [-0.2, 0) is 5.41 Å². The minimum absolute atomic E-state index is 0.0707. The Morgan fingerprint density at radius 2 is 1.47 bits per heavy atom. The highest BCUT2D eigenvalue weighted by atomic mass is 32.1. The lowest BCUT2D eigenvalue weighted by atomic mass is 9.92. The fourth-order valence-electron chi connectivity index (χ4n) is 6.37. The zero-order valence-corrected chi connectivity index (χ0v) is 31.9. The number of carbonyl (C=O) groups excluding carboxylic acids is 1. The smallest absolute Gasteiger partial charge is 0.291 e. The molecule has 0 aliphatic carbocycles. The van der Waals surface area contributed by atoms with Gasteiger partial charge in [0.25, 0.3) is 5.91 Å². The summed E-state index contributed by atoms with van der Waals surface area (Å²) in [6.07, 6.45) is 13.7. The highest BCUT2D eigenvalue weighted by Crippen LogP contribution is 2.42. The van der Waals surface area contributed by atoms with Crippen molar-refractivity contribution in [2.75, 3.05) is 18.0 Å². The number of rotatable bonds is 19. The molecule has 3 atom stereocenters. The first-order valence-corrected chi connectivity index (χ1v) is 19.3. The molecule has 0 saturated heterocycles. The van der Waals surface area contributed by atoms with E-state index in [0.717, 1.165) is 67.4 Å². The maximum Gasteiger partial charge on any atom is 0.291 e. The molecular formula is C38H61N7OS. The van der Waals surface area contributed by atoms with Gasteiger partial charge in [-0.1, -0.05) is 125 Å². The van der Waals surface area contributed by atoms with Crippen molar-refractivity contribution in [3.05, 3.63) is 28.5 Å². The number of aromatic nitrogens is 4. The van der Waals surface area contributed by atoms with Crippen LogP contribution < -0.4 is 4.90 Å². The molecule has 0 N–H and O–H groups in total. The second kappa shape index (κ2) is 18.1. The SMILES string of the molecule is CCCCC(CC)CN(CC(CC)CCCC)c1nc(C(C)(C)C)c(N=C2C(C)=C(C#N)C(=O)n3nc(C(CC)CCCC)nc32)s1. The molecule has 9 heteroatoms. The van der Waals surface area contributed by atoms with Gasteiger partial charge in [0.05, 0.1) is 5.69 Å². The Hall–Kier alpha value is -2.86. The van der Waals surface area contributed by atoms with Crippen LogP contribution in [0.25, 0.3) is 0 Å². The second-order valence-electron chi connectivity index (χ2n) is 14.5. The van der Waals surface area contributed by atoms with Gasteiger partial charge in [-0.2, -0.15) is 9.94 Å². The van der Waals surface area contributed by atoms with Gasteiger partial charge in [0.15, 0.2) is 16.8 Å². The van der Waals surface area contributed by atoms with Crippen molar-refractivity contribution in [2.45, 2.75) is 158 Å². The molecule has 3 rings (SSSR count). The lowest BCUT2D eigenvalue weighted by Crippen LogP contribution is -2.34. The molecule has 0 radical (unpaired) electrons. The van der Waals surface area contributed by atoms with Crippen LogP contribution >= 0.6 is 11.3 Å². The maximum atomic E-state index is 13.4. The number of nitriles is 1. The number of fused-ring (bicyclic) bond motifs is 1. The third kappa shape index (κ3) is 9.62. The summed E-state index contributed by atoms with van der Waals surface area (Å²) in [6, 6.07) is 2.14. The number of thiazole rings is 1. The van der Waals surface area contributed by atoms with Crippen molar-refractivity contribution in [1.82, 2.24) is 19.7 Å². The number of carbonyl (C=O) groups is 1. The molecule has 2 aromatic heterocycles. The van der Waals surface area contributed by atoms with E-state index in [-0.39, 0.29) is 16.9 Å². The molecule has 0 bridgehead atoms. The number of hydrogen-bond acceptors (Lipinski definition) is 8. The van der Waals surface area contributed by atoms with E-state index in [0.29, 0.717) is 34.8 Å². The monoisotopic (exact) mass is 663 g/mol. The Morgan fingerprint density at radius 1 is 0.894 bits per heavy atom. The molecule has 3 unspecified atom stereocenters. The van der Waals surface area contributed by atoms with Crippen molar-refractivity contribution in [3.63, 3.8) is 0 Å². The number of hydrogen-bond donors (Lipinski definition) is 0. The Morgan fingerprint density at radius 3 is 1.96 bits per heavy atom. The quantitative estimate of drug-likeness (QED) is 0.148. The minimum Gasteiger partial charge on any atom is -0.347 e. The van der Waals surface area contributed by atoms with Crippen LogP contribution in [0, 0.1) is 23.2 Å². The number of unbranched alkanes of at least 4 members (excludes halogenated alkanes) is 3. The second-order valence-corrected chi connectivity index (χ2v) is 15.4. The number of allylic oxidation sites excluding steroid dienone is 2. The molecule has 260 valence electrons. The number of nitrogens with zero attached hydrogens (tertiary/aromatic N) is 7. The van der Waals surface area contributed by atoms with Crippen molar-refractivity contribution in [3.8, 4) is 6.07 Å². The van der Waals surface area contributed by atoms with E-state index in [1.165, 1.54) is 43.2 Å². The van der Waals surface area contributed by atoms with Crippen molar-refractivity contribution in [1.29, 1.82) is 5.26 Å². The number of aliphatic imine (C=N–C) groups is 1. The van der Waals surface area contributed by atoms with Crippen LogP contribution in [0.4, 0.5) is 10.1 Å². The van der Waals surface area contributed by atoms with E-state index in [4.69, 9.17) is 15.0 Å². The molecule has 2 aromatic rings. The van der Waals surface area contributed by atoms with Crippen molar-refractivity contribution in [2.24, 2.45) is 16.8 Å². The molecule has 1 aliphatic heterocycles. The summed E-state index contributed by atoms with van der Waals surface area (Å²) in [7, 11) is 0. The van der Waals surface area contributed by atoms with Gasteiger partial charge in [0, 0.05) is 30.0 Å². The summed E-state index contributed by atoms with van der Waals surface area (Å²) < 4.78 is 1.32. The predicted octanol–water partition coefficient (Wildman–Crippen LogP) is 10.6. The Bertz CT molecular complexity index is 1400. The predicted molar refractivity (Wildman–Crippen MR) is 197 cm³/mol. The molecule has 8 nitrogen and oxygen atoms in total. The van der Waals surface area contributed by atoms with Crippen LogP contribution in [0.2, 0.25) is 0 Å². The van der Waals surface area contributed by atoms with E-state index in [1.807, 2.05) is 6.92 Å². The van der Waals surface area contributed by atoms with Gasteiger partial charge in [-0.05, 0) is 44.4 Å². The average Bonchev–Trinajstić information content (AvgIpc) is 3.69. The highest BCUT2D eigenvalue weighted by Gasteiger charge is 2.35. The summed E-state index contributed by atoms with van der Waals surface area (Å²) in [6.45, 7) is 23.8. The molecule has 1 aliphatic rings. The minimum atomic E-state index is -0.425. The molecule has 0 fully saturated rings. The van der Waals surface area contributed by atoms with E-state index in [1.54, 1.807) is 11.3 Å². The summed E-state index contributed by atoms with van der Waals surface area (Å²) in [4.78, 5) is 31.5. The normalized spacial score (nSPS) is 16.4. The first-order valence-electron chi connectivity index (χ1n) is 18.5. The fraction of sp³-hybridized carbons (Fsp3) is 0.737. The van der Waals surface area contributed by atoms with Gasteiger partial charge in [0.2, 0.25) is 0 Å². The third-order valence-electron chi connectivity index (χ3n) is 9.68. The average molecular weight is 664 g/mol. The van der Waals surface area contributed by atoms with Gasteiger partial charge in [-0.15, -0.1) is 5.10 Å². The van der Waals surface area contributed by atoms with Gasteiger partial charge < -0.3 is 4.90 Å². The van der Waals surface area contributed by atoms with Gasteiger partial charge in [0.1, 0.15) is 22.4 Å². The van der Waals surface area contributed by atoms with E-state index in [2.05, 4.69) is 78.4 Å². The van der Waals surface area contributed by atoms with Crippen LogP contribution in [-0.4, -0.2) is 44.5 Å². The lowest BCUT2D eigenvalue weighted by molar-refractivity contribution is 0.0941. The van der Waals surface area contributed by atoms with Crippen LogP contribution in [0.15, 0.2) is 16.1 Å². The summed E-state index contributed by atoms with van der Waals surface area (Å²) in [5.74, 6) is 2.04. The third-order valence-corrected chi connectivity index (χ3v) is 10.7. The van der Waals surface area contributed by atoms with Gasteiger partial charge in [-0.3, -0.25) is 4.79 Å². The molecular weight excluding hydrogens is 603 g/mol. The van der Waals surface area contributed by atoms with E-state index in [9.17, 15) is 10.1 Å². The van der Waals surface area contributed by atoms with Gasteiger partial charge in [-0.25, -0.2) is 15.0 Å². The topological polar surface area (TPSA) is 100 Å². The van der Waals surface area contributed by atoms with Crippen LogP contribution in [0.3, 0.4) is 0 Å². The first kappa shape index (κ1) is 38.6. The van der Waals surface area contributed by atoms with Crippen molar-refractivity contribution >= 4 is 33.1 Å². The molecule has 0 amide bonds. The number of anilines is 1. The lowest BCUT2D eigenvalue weighted by Gasteiger charge is -2.30.